The number of benzene rings is 2. The van der Waals surface area contributed by atoms with Crippen LogP contribution in [0, 0.1) is 0 Å². The highest BCUT2D eigenvalue weighted by Gasteiger charge is 2.23. The van der Waals surface area contributed by atoms with E-state index in [-0.39, 0.29) is 0 Å². The van der Waals surface area contributed by atoms with Crippen molar-refractivity contribution in [1.29, 1.82) is 0 Å². The molecule has 0 spiro atoms. The van der Waals surface area contributed by atoms with Crippen molar-refractivity contribution in [3.63, 3.8) is 0 Å². The minimum absolute atomic E-state index is 0.404. The lowest BCUT2D eigenvalue weighted by molar-refractivity contribution is 0.0994. The van der Waals surface area contributed by atoms with Crippen molar-refractivity contribution < 1.29 is 9.59 Å². The third-order valence-corrected chi connectivity index (χ3v) is 2.73. The lowest BCUT2D eigenvalue weighted by atomic mass is 10.2. The van der Waals surface area contributed by atoms with Crippen molar-refractivity contribution in [1.82, 2.24) is 4.72 Å². The molecule has 2 aromatic carbocycles. The van der Waals surface area contributed by atoms with Crippen LogP contribution in [0.25, 0.3) is 0 Å². The number of imide groups is 1. The van der Waals surface area contributed by atoms with Crippen molar-refractivity contribution in [2.75, 3.05) is 4.90 Å². The Bertz CT molecular complexity index is 573. The Kier molecular flexibility index (Phi) is 4.20. The first kappa shape index (κ1) is 13.2. The second-order valence-corrected chi connectivity index (χ2v) is 3.98. The quantitative estimate of drug-likeness (QED) is 0.826. The number of carbonyl (C=O) groups is 2. The van der Waals surface area contributed by atoms with E-state index >= 15 is 0 Å². The van der Waals surface area contributed by atoms with Crippen LogP contribution in [-0.2, 0) is 0 Å². The Morgan fingerprint density at radius 2 is 1.42 bits per heavy atom. The molecular formula is C14H12N2O2S. The van der Waals surface area contributed by atoms with E-state index in [9.17, 15) is 9.59 Å². The van der Waals surface area contributed by atoms with Crippen LogP contribution < -0.4 is 9.62 Å². The molecule has 96 valence electrons. The molecule has 0 saturated carbocycles. The van der Waals surface area contributed by atoms with Gasteiger partial charge in [-0.3, -0.25) is 9.52 Å². The SMILES string of the molecule is O=C(NS)N(C(=O)c1ccccc1)c1ccccc1. The van der Waals surface area contributed by atoms with Gasteiger partial charge in [-0.05, 0) is 24.3 Å². The largest absolute Gasteiger partial charge is 0.338 e. The van der Waals surface area contributed by atoms with Gasteiger partial charge in [-0.25, -0.2) is 9.69 Å². The minimum atomic E-state index is -0.594. The van der Waals surface area contributed by atoms with Gasteiger partial charge < -0.3 is 0 Å². The van der Waals surface area contributed by atoms with Crippen LogP contribution in [0.2, 0.25) is 0 Å². The summed E-state index contributed by atoms with van der Waals surface area (Å²) in [5.41, 5.74) is 0.922. The maximum Gasteiger partial charge on any atom is 0.338 e. The predicted octanol–water partition coefficient (Wildman–Crippen LogP) is 2.89. The van der Waals surface area contributed by atoms with Crippen molar-refractivity contribution in [2.24, 2.45) is 0 Å². The zero-order chi connectivity index (χ0) is 13.7. The number of hydrogen-bond donors (Lipinski definition) is 2. The summed E-state index contributed by atoms with van der Waals surface area (Å²) < 4.78 is 2.17. The van der Waals surface area contributed by atoms with Crippen LogP contribution >= 0.6 is 12.8 Å². The summed E-state index contributed by atoms with van der Waals surface area (Å²) in [5, 5.41) is 0. The summed E-state index contributed by atoms with van der Waals surface area (Å²) in [6, 6.07) is 16.7. The fourth-order valence-corrected chi connectivity index (χ4v) is 1.76. The number of hydrogen-bond acceptors (Lipinski definition) is 3. The van der Waals surface area contributed by atoms with Crippen LogP contribution in [0.5, 0.6) is 0 Å². The minimum Gasteiger partial charge on any atom is -0.284 e. The Labute approximate surface area is 116 Å². The summed E-state index contributed by atoms with van der Waals surface area (Å²) in [7, 11) is 0. The number of amides is 3. The van der Waals surface area contributed by atoms with E-state index in [1.807, 2.05) is 12.1 Å². The van der Waals surface area contributed by atoms with Crippen LogP contribution in [0.4, 0.5) is 10.5 Å². The molecule has 0 aliphatic heterocycles. The van der Waals surface area contributed by atoms with E-state index < -0.39 is 11.9 Å². The fourth-order valence-electron chi connectivity index (χ4n) is 1.66. The lowest BCUT2D eigenvalue weighted by Gasteiger charge is -2.20. The molecule has 4 nitrogen and oxygen atoms in total. The Morgan fingerprint density at radius 3 is 1.95 bits per heavy atom. The molecule has 0 saturated heterocycles. The molecule has 0 aromatic heterocycles. The third kappa shape index (κ3) is 2.95. The molecule has 0 heterocycles. The molecular weight excluding hydrogens is 260 g/mol. The first-order valence-corrected chi connectivity index (χ1v) is 6.07. The molecule has 0 radical (unpaired) electrons. The highest BCUT2D eigenvalue weighted by atomic mass is 32.1. The first-order valence-electron chi connectivity index (χ1n) is 5.62. The number of urea groups is 1. The van der Waals surface area contributed by atoms with Gasteiger partial charge in [-0.15, -0.1) is 0 Å². The van der Waals surface area contributed by atoms with Crippen molar-refractivity contribution >= 4 is 30.4 Å². The van der Waals surface area contributed by atoms with E-state index in [1.54, 1.807) is 48.5 Å². The van der Waals surface area contributed by atoms with Crippen LogP contribution in [-0.4, -0.2) is 11.9 Å². The standard InChI is InChI=1S/C14H12N2O2S/c17-13(11-7-3-1-4-8-11)16(14(18)15-19)12-9-5-2-6-10-12/h1-10,19H,(H,15,18). The van der Waals surface area contributed by atoms with E-state index in [2.05, 4.69) is 17.5 Å². The molecule has 1 N–H and O–H groups in total. The van der Waals surface area contributed by atoms with Gasteiger partial charge in [-0.1, -0.05) is 49.2 Å². The molecule has 19 heavy (non-hydrogen) atoms. The van der Waals surface area contributed by atoms with E-state index in [0.717, 1.165) is 4.90 Å². The van der Waals surface area contributed by atoms with Gasteiger partial charge >= 0.3 is 6.03 Å². The summed E-state index contributed by atoms with van der Waals surface area (Å²) in [4.78, 5) is 25.3. The number of rotatable bonds is 2. The van der Waals surface area contributed by atoms with E-state index in [0.29, 0.717) is 11.3 Å². The van der Waals surface area contributed by atoms with Crippen LogP contribution in [0.3, 0.4) is 0 Å². The predicted molar refractivity (Wildman–Crippen MR) is 77.2 cm³/mol. The topological polar surface area (TPSA) is 49.4 Å². The Hall–Kier alpha value is -2.27. The van der Waals surface area contributed by atoms with Gasteiger partial charge in [0.05, 0.1) is 5.69 Å². The average Bonchev–Trinajstić information content (AvgIpc) is 2.49. The average molecular weight is 272 g/mol. The van der Waals surface area contributed by atoms with Gasteiger partial charge in [-0.2, -0.15) is 0 Å². The molecule has 0 unspecified atom stereocenters. The maximum atomic E-state index is 12.4. The zero-order valence-corrected chi connectivity index (χ0v) is 10.9. The first-order chi connectivity index (χ1) is 9.24. The third-order valence-electron chi connectivity index (χ3n) is 2.54. The van der Waals surface area contributed by atoms with Crippen molar-refractivity contribution in [2.45, 2.75) is 0 Å². The number of nitrogens with one attached hydrogen (secondary N) is 1. The molecule has 0 fully saturated rings. The second-order valence-electron chi connectivity index (χ2n) is 3.76. The summed E-state index contributed by atoms with van der Waals surface area (Å²) in [6.07, 6.45) is 0. The van der Waals surface area contributed by atoms with Crippen molar-refractivity contribution in [3.05, 3.63) is 66.2 Å². The number of anilines is 1. The Morgan fingerprint density at radius 1 is 0.895 bits per heavy atom. The summed E-state index contributed by atoms with van der Waals surface area (Å²) in [5.74, 6) is -0.404. The molecule has 0 aliphatic carbocycles. The normalized spacial score (nSPS) is 9.74. The van der Waals surface area contributed by atoms with E-state index in [4.69, 9.17) is 0 Å². The highest BCUT2D eigenvalue weighted by Crippen LogP contribution is 2.17. The summed E-state index contributed by atoms with van der Waals surface area (Å²) >= 11 is 3.72. The highest BCUT2D eigenvalue weighted by molar-refractivity contribution is 7.78. The smallest absolute Gasteiger partial charge is 0.284 e. The lowest BCUT2D eigenvalue weighted by Crippen LogP contribution is -2.41. The van der Waals surface area contributed by atoms with Gasteiger partial charge in [0.15, 0.2) is 0 Å². The van der Waals surface area contributed by atoms with Gasteiger partial charge in [0.2, 0.25) is 0 Å². The summed E-state index contributed by atoms with van der Waals surface area (Å²) in [6.45, 7) is 0. The molecule has 2 aromatic rings. The monoisotopic (exact) mass is 272 g/mol. The molecule has 0 bridgehead atoms. The molecule has 2 rings (SSSR count). The molecule has 0 atom stereocenters. The number of nitrogens with zero attached hydrogens (tertiary/aromatic N) is 1. The molecule has 0 aliphatic rings. The zero-order valence-electron chi connectivity index (χ0n) is 9.98. The van der Waals surface area contributed by atoms with Gasteiger partial charge in [0.1, 0.15) is 0 Å². The van der Waals surface area contributed by atoms with E-state index in [1.165, 1.54) is 0 Å². The van der Waals surface area contributed by atoms with Crippen molar-refractivity contribution in [3.8, 4) is 0 Å². The maximum absolute atomic E-state index is 12.4. The number of para-hydroxylation sites is 1. The second kappa shape index (κ2) is 6.06. The number of carbonyl (C=O) groups excluding carboxylic acids is 2. The van der Waals surface area contributed by atoms with Gasteiger partial charge in [0, 0.05) is 5.56 Å². The molecule has 3 amide bonds. The molecule has 5 heteroatoms. The Balaban J connectivity index is 2.40. The van der Waals surface area contributed by atoms with Gasteiger partial charge in [0.25, 0.3) is 5.91 Å². The van der Waals surface area contributed by atoms with Crippen LogP contribution in [0.1, 0.15) is 10.4 Å². The fraction of sp³-hybridized carbons (Fsp3) is 0. The van der Waals surface area contributed by atoms with Crippen LogP contribution in [0.15, 0.2) is 60.7 Å². The number of thiol groups is 1.